The summed E-state index contributed by atoms with van der Waals surface area (Å²) in [6.07, 6.45) is 0. The van der Waals surface area contributed by atoms with Crippen molar-refractivity contribution in [2.45, 2.75) is 6.54 Å². The second-order valence-corrected chi connectivity index (χ2v) is 7.14. The predicted octanol–water partition coefficient (Wildman–Crippen LogP) is 2.39. The fourth-order valence-corrected chi connectivity index (χ4v) is 3.58. The number of para-hydroxylation sites is 1. The number of aromatic nitrogens is 4. The molecular weight excluding hydrogens is 406 g/mol. The maximum absolute atomic E-state index is 12.8. The summed E-state index contributed by atoms with van der Waals surface area (Å²) < 4.78 is 3.49. The fraction of sp³-hybridized carbons (Fsp3) is 0.143. The van der Waals surface area contributed by atoms with Crippen LogP contribution in [0.15, 0.2) is 64.2 Å². The number of rotatable bonds is 4. The summed E-state index contributed by atoms with van der Waals surface area (Å²) in [5, 5.41) is 2.83. The molecule has 1 amide bonds. The molecule has 0 saturated heterocycles. The summed E-state index contributed by atoms with van der Waals surface area (Å²) in [6, 6.07) is 17.1. The Kier molecular flexibility index (Phi) is 5.01. The van der Waals surface area contributed by atoms with E-state index in [0.29, 0.717) is 5.69 Å². The van der Waals surface area contributed by atoms with Gasteiger partial charge in [-0.2, -0.15) is 4.98 Å². The fourth-order valence-electron chi connectivity index (χ4n) is 3.36. The maximum Gasteiger partial charge on any atom is 0.332 e. The lowest BCUT2D eigenvalue weighted by Gasteiger charge is -2.12. The van der Waals surface area contributed by atoms with E-state index >= 15 is 0 Å². The number of carbonyl (C=O) groups is 1. The number of nitrogens with one attached hydrogen (secondary N) is 1. The molecule has 8 nitrogen and oxygen atoms in total. The van der Waals surface area contributed by atoms with Gasteiger partial charge in [0, 0.05) is 25.3 Å². The Hall–Kier alpha value is -3.65. The van der Waals surface area contributed by atoms with Gasteiger partial charge in [-0.1, -0.05) is 48.5 Å². The molecule has 4 aromatic rings. The molecule has 0 spiro atoms. The summed E-state index contributed by atoms with van der Waals surface area (Å²) in [4.78, 5) is 41.6. The van der Waals surface area contributed by atoms with E-state index in [1.165, 1.54) is 23.2 Å². The van der Waals surface area contributed by atoms with E-state index in [0.717, 1.165) is 15.7 Å². The first kappa shape index (κ1) is 19.7. The van der Waals surface area contributed by atoms with Gasteiger partial charge in [0.2, 0.25) is 11.2 Å². The lowest BCUT2D eigenvalue weighted by Crippen LogP contribution is -2.37. The van der Waals surface area contributed by atoms with Crippen molar-refractivity contribution in [2.24, 2.45) is 14.1 Å². The lowest BCUT2D eigenvalue weighted by molar-refractivity contribution is -0.116. The summed E-state index contributed by atoms with van der Waals surface area (Å²) in [7, 11) is 2.86. The van der Waals surface area contributed by atoms with Crippen LogP contribution >= 0.6 is 11.6 Å². The van der Waals surface area contributed by atoms with Crippen molar-refractivity contribution < 1.29 is 4.79 Å². The Balaban J connectivity index is 1.70. The molecule has 0 atom stereocenters. The highest BCUT2D eigenvalue weighted by molar-refractivity contribution is 6.29. The molecule has 4 rings (SSSR count). The average Bonchev–Trinajstić information content (AvgIpc) is 3.08. The molecule has 0 bridgehead atoms. The van der Waals surface area contributed by atoms with Crippen LogP contribution in [0.25, 0.3) is 22.3 Å². The van der Waals surface area contributed by atoms with Crippen LogP contribution in [0.3, 0.4) is 0 Å². The van der Waals surface area contributed by atoms with Gasteiger partial charge in [-0.3, -0.25) is 23.3 Å². The van der Waals surface area contributed by atoms with Crippen molar-refractivity contribution in [1.82, 2.24) is 18.7 Å². The molecule has 30 heavy (non-hydrogen) atoms. The Morgan fingerprint density at radius 2 is 1.67 bits per heavy atom. The summed E-state index contributed by atoms with van der Waals surface area (Å²) in [5.41, 5.74) is 1.60. The third-order valence-electron chi connectivity index (χ3n) is 4.89. The van der Waals surface area contributed by atoms with Crippen LogP contribution in [0.2, 0.25) is 5.28 Å². The van der Waals surface area contributed by atoms with E-state index in [1.807, 2.05) is 48.5 Å². The van der Waals surface area contributed by atoms with E-state index in [-0.39, 0.29) is 28.9 Å². The first-order chi connectivity index (χ1) is 14.4. The number of hydrogen-bond donors (Lipinski definition) is 1. The number of halogens is 1. The van der Waals surface area contributed by atoms with Crippen molar-refractivity contribution in [3.05, 3.63) is 80.7 Å². The normalized spacial score (nSPS) is 11.0. The third-order valence-corrected chi connectivity index (χ3v) is 5.18. The standard InChI is InChI=1S/C21H18ClN5O3/c1-25-18-17(19(29)26(2)21(25)30)27(20(22)24-18)12-16(28)23-15-11-7-6-10-14(15)13-8-4-3-5-9-13/h3-11H,12H2,1-2H3,(H,23,28). The zero-order valence-corrected chi connectivity index (χ0v) is 17.1. The minimum absolute atomic E-state index is 0.0465. The van der Waals surface area contributed by atoms with Crippen molar-refractivity contribution in [2.75, 3.05) is 5.32 Å². The highest BCUT2D eigenvalue weighted by Crippen LogP contribution is 2.27. The second kappa shape index (κ2) is 7.64. The SMILES string of the molecule is Cn1c(=O)c2c(nc(Cl)n2CC(=O)Nc2ccccc2-c2ccccc2)n(C)c1=O. The topological polar surface area (TPSA) is 90.9 Å². The third kappa shape index (κ3) is 3.31. The number of carbonyl (C=O) groups excluding carboxylic acids is 1. The molecule has 0 aliphatic rings. The summed E-state index contributed by atoms with van der Waals surface area (Å²) in [6.45, 7) is -0.230. The molecule has 2 aromatic heterocycles. The number of anilines is 1. The Bertz CT molecular complexity index is 1390. The molecular formula is C21H18ClN5O3. The van der Waals surface area contributed by atoms with Crippen LogP contribution in [-0.2, 0) is 25.4 Å². The molecule has 2 heterocycles. The monoisotopic (exact) mass is 423 g/mol. The number of hydrogen-bond acceptors (Lipinski definition) is 4. The van der Waals surface area contributed by atoms with Gasteiger partial charge in [-0.15, -0.1) is 0 Å². The smallest absolute Gasteiger partial charge is 0.324 e. The number of nitrogens with zero attached hydrogens (tertiary/aromatic N) is 4. The van der Waals surface area contributed by atoms with Crippen LogP contribution in [0.4, 0.5) is 5.69 Å². The van der Waals surface area contributed by atoms with Gasteiger partial charge in [0.15, 0.2) is 11.2 Å². The molecule has 9 heteroatoms. The van der Waals surface area contributed by atoms with Gasteiger partial charge >= 0.3 is 5.69 Å². The Labute approximate surface area is 176 Å². The van der Waals surface area contributed by atoms with Gasteiger partial charge in [-0.25, -0.2) is 4.79 Å². The molecule has 1 N–H and O–H groups in total. The molecule has 0 aliphatic carbocycles. The lowest BCUT2D eigenvalue weighted by atomic mass is 10.0. The molecule has 2 aromatic carbocycles. The van der Waals surface area contributed by atoms with E-state index in [2.05, 4.69) is 10.3 Å². The van der Waals surface area contributed by atoms with Crippen LogP contribution in [0, 0.1) is 0 Å². The van der Waals surface area contributed by atoms with Gasteiger partial charge in [0.1, 0.15) is 6.54 Å². The van der Waals surface area contributed by atoms with Crippen molar-refractivity contribution in [3.63, 3.8) is 0 Å². The Morgan fingerprint density at radius 1 is 1.00 bits per heavy atom. The van der Waals surface area contributed by atoms with E-state index in [9.17, 15) is 14.4 Å². The van der Waals surface area contributed by atoms with E-state index in [4.69, 9.17) is 11.6 Å². The molecule has 152 valence electrons. The molecule has 0 unspecified atom stereocenters. The summed E-state index contributed by atoms with van der Waals surface area (Å²) >= 11 is 6.20. The number of imidazole rings is 1. The zero-order valence-electron chi connectivity index (χ0n) is 16.3. The number of benzene rings is 2. The molecule has 0 aliphatic heterocycles. The van der Waals surface area contributed by atoms with Gasteiger partial charge in [0.05, 0.1) is 0 Å². The first-order valence-corrected chi connectivity index (χ1v) is 9.52. The first-order valence-electron chi connectivity index (χ1n) is 9.14. The largest absolute Gasteiger partial charge is 0.332 e. The predicted molar refractivity (Wildman–Crippen MR) is 116 cm³/mol. The zero-order chi connectivity index (χ0) is 21.4. The maximum atomic E-state index is 12.8. The summed E-state index contributed by atoms with van der Waals surface area (Å²) in [5.74, 6) is -0.379. The minimum atomic E-state index is -0.565. The molecule has 0 fully saturated rings. The van der Waals surface area contributed by atoms with E-state index < -0.39 is 11.2 Å². The molecule has 0 saturated carbocycles. The van der Waals surface area contributed by atoms with Crippen LogP contribution in [-0.4, -0.2) is 24.6 Å². The van der Waals surface area contributed by atoms with Gasteiger partial charge in [-0.05, 0) is 23.2 Å². The number of fused-ring (bicyclic) bond motifs is 1. The number of amides is 1. The van der Waals surface area contributed by atoms with Crippen molar-refractivity contribution >= 4 is 34.4 Å². The minimum Gasteiger partial charge on any atom is -0.324 e. The number of aryl methyl sites for hydroxylation is 1. The highest BCUT2D eigenvalue weighted by atomic mass is 35.5. The van der Waals surface area contributed by atoms with E-state index in [1.54, 1.807) is 6.07 Å². The highest BCUT2D eigenvalue weighted by Gasteiger charge is 2.20. The van der Waals surface area contributed by atoms with Crippen molar-refractivity contribution in [1.29, 1.82) is 0 Å². The van der Waals surface area contributed by atoms with Crippen LogP contribution in [0.5, 0.6) is 0 Å². The average molecular weight is 424 g/mol. The van der Waals surface area contributed by atoms with Crippen LogP contribution < -0.4 is 16.6 Å². The van der Waals surface area contributed by atoms with Gasteiger partial charge < -0.3 is 5.32 Å². The quantitative estimate of drug-likeness (QED) is 0.510. The Morgan fingerprint density at radius 3 is 2.40 bits per heavy atom. The van der Waals surface area contributed by atoms with Crippen molar-refractivity contribution in [3.8, 4) is 11.1 Å². The van der Waals surface area contributed by atoms with Crippen LogP contribution in [0.1, 0.15) is 0 Å². The second-order valence-electron chi connectivity index (χ2n) is 6.80. The molecule has 0 radical (unpaired) electrons. The van der Waals surface area contributed by atoms with Gasteiger partial charge in [0.25, 0.3) is 5.56 Å².